The van der Waals surface area contributed by atoms with Gasteiger partial charge in [-0.05, 0) is 17.7 Å². The molecular weight excluding hydrogens is 173 g/mol. The molecule has 0 spiro atoms. The van der Waals surface area contributed by atoms with Gasteiger partial charge in [0.05, 0.1) is 12.1 Å². The summed E-state index contributed by atoms with van der Waals surface area (Å²) in [6, 6.07) is 4.33. The molecule has 70 valence electrons. The fourth-order valence-electron chi connectivity index (χ4n) is 1.05. The lowest BCUT2D eigenvalue weighted by molar-refractivity contribution is -0.136. The van der Waals surface area contributed by atoms with Crippen molar-refractivity contribution >= 4 is 11.7 Å². The molecule has 0 heterocycles. The molecule has 0 saturated carbocycles. The van der Waals surface area contributed by atoms with Gasteiger partial charge in [0.2, 0.25) is 0 Å². The van der Waals surface area contributed by atoms with Crippen molar-refractivity contribution in [2.24, 2.45) is 0 Å². The van der Waals surface area contributed by atoms with Crippen molar-refractivity contribution in [3.8, 4) is 0 Å². The Morgan fingerprint density at radius 3 is 2.77 bits per heavy atom. The molecule has 0 radical (unpaired) electrons. The topological polar surface area (TPSA) is 49.3 Å². The summed E-state index contributed by atoms with van der Waals surface area (Å²) in [5.41, 5.74) is 0.832. The van der Waals surface area contributed by atoms with Crippen molar-refractivity contribution in [2.75, 3.05) is 12.4 Å². The third-order valence-corrected chi connectivity index (χ3v) is 1.66. The molecule has 0 aromatic heterocycles. The van der Waals surface area contributed by atoms with Crippen LogP contribution in [0.4, 0.5) is 10.1 Å². The van der Waals surface area contributed by atoms with Crippen LogP contribution >= 0.6 is 0 Å². The Kier molecular flexibility index (Phi) is 2.84. The molecule has 2 N–H and O–H groups in total. The average molecular weight is 183 g/mol. The third-order valence-electron chi connectivity index (χ3n) is 1.66. The van der Waals surface area contributed by atoms with Crippen LogP contribution in [0.15, 0.2) is 18.2 Å². The third kappa shape index (κ3) is 2.43. The SMILES string of the molecule is CNc1ccc(CC(=O)O)cc1F. The van der Waals surface area contributed by atoms with Gasteiger partial charge < -0.3 is 10.4 Å². The summed E-state index contributed by atoms with van der Waals surface area (Å²) in [4.78, 5) is 10.3. The van der Waals surface area contributed by atoms with Gasteiger partial charge in [-0.2, -0.15) is 0 Å². The molecule has 3 nitrogen and oxygen atoms in total. The van der Waals surface area contributed by atoms with Crippen molar-refractivity contribution < 1.29 is 14.3 Å². The number of carboxylic acid groups (broad SMARTS) is 1. The maximum atomic E-state index is 13.0. The van der Waals surface area contributed by atoms with E-state index >= 15 is 0 Å². The Morgan fingerprint density at radius 1 is 1.62 bits per heavy atom. The number of anilines is 1. The van der Waals surface area contributed by atoms with Crippen molar-refractivity contribution in [2.45, 2.75) is 6.42 Å². The van der Waals surface area contributed by atoms with Crippen LogP contribution in [-0.2, 0) is 11.2 Å². The second-order valence-corrected chi connectivity index (χ2v) is 2.63. The highest BCUT2D eigenvalue weighted by molar-refractivity contribution is 5.70. The Balaban J connectivity index is 2.89. The second-order valence-electron chi connectivity index (χ2n) is 2.63. The van der Waals surface area contributed by atoms with Crippen LogP contribution in [-0.4, -0.2) is 18.1 Å². The minimum atomic E-state index is -0.961. The number of benzene rings is 1. The van der Waals surface area contributed by atoms with E-state index in [0.29, 0.717) is 11.3 Å². The lowest BCUT2D eigenvalue weighted by Crippen LogP contribution is -2.01. The molecule has 4 heteroatoms. The first-order valence-electron chi connectivity index (χ1n) is 3.81. The molecule has 0 fully saturated rings. The molecule has 0 saturated heterocycles. The van der Waals surface area contributed by atoms with Gasteiger partial charge in [-0.3, -0.25) is 4.79 Å². The summed E-state index contributed by atoms with van der Waals surface area (Å²) in [6.07, 6.45) is -0.152. The summed E-state index contributed by atoms with van der Waals surface area (Å²) < 4.78 is 13.0. The van der Waals surface area contributed by atoms with Crippen molar-refractivity contribution in [3.05, 3.63) is 29.6 Å². The van der Waals surface area contributed by atoms with Gasteiger partial charge in [0.25, 0.3) is 0 Å². The van der Waals surface area contributed by atoms with E-state index in [-0.39, 0.29) is 6.42 Å². The van der Waals surface area contributed by atoms with Crippen molar-refractivity contribution in [1.29, 1.82) is 0 Å². The lowest BCUT2D eigenvalue weighted by Gasteiger charge is -2.03. The fourth-order valence-corrected chi connectivity index (χ4v) is 1.05. The van der Waals surface area contributed by atoms with E-state index in [0.717, 1.165) is 0 Å². The number of rotatable bonds is 3. The highest BCUT2D eigenvalue weighted by Gasteiger charge is 2.04. The van der Waals surface area contributed by atoms with Crippen LogP contribution in [0.2, 0.25) is 0 Å². The first-order chi connectivity index (χ1) is 6.13. The number of carbonyl (C=O) groups is 1. The number of nitrogens with one attached hydrogen (secondary N) is 1. The predicted molar refractivity (Wildman–Crippen MR) is 47.3 cm³/mol. The smallest absolute Gasteiger partial charge is 0.307 e. The predicted octanol–water partition coefficient (Wildman–Crippen LogP) is 1.49. The lowest BCUT2D eigenvalue weighted by atomic mass is 10.1. The normalized spacial score (nSPS) is 9.69. The zero-order valence-electron chi connectivity index (χ0n) is 7.17. The maximum Gasteiger partial charge on any atom is 0.307 e. The molecule has 0 unspecified atom stereocenters. The molecular formula is C9H10FNO2. The quantitative estimate of drug-likeness (QED) is 0.746. The Hall–Kier alpha value is -1.58. The Morgan fingerprint density at radius 2 is 2.31 bits per heavy atom. The zero-order valence-corrected chi connectivity index (χ0v) is 7.17. The van der Waals surface area contributed by atoms with E-state index in [1.807, 2.05) is 0 Å². The number of aliphatic carboxylic acids is 1. The summed E-state index contributed by atoms with van der Waals surface area (Å²) in [5.74, 6) is -1.39. The van der Waals surface area contributed by atoms with Gasteiger partial charge >= 0.3 is 5.97 Å². The average Bonchev–Trinajstić information content (AvgIpc) is 2.03. The molecule has 0 amide bonds. The van der Waals surface area contributed by atoms with Crippen LogP contribution in [0, 0.1) is 5.82 Å². The number of carboxylic acids is 1. The van der Waals surface area contributed by atoms with E-state index in [4.69, 9.17) is 5.11 Å². The monoisotopic (exact) mass is 183 g/mol. The Labute approximate surface area is 75.2 Å². The zero-order chi connectivity index (χ0) is 9.84. The molecule has 0 bridgehead atoms. The van der Waals surface area contributed by atoms with Crippen LogP contribution in [0.3, 0.4) is 0 Å². The highest BCUT2D eigenvalue weighted by atomic mass is 19.1. The second kappa shape index (κ2) is 3.89. The molecule has 1 aromatic carbocycles. The summed E-state index contributed by atoms with van der Waals surface area (Å²) >= 11 is 0. The van der Waals surface area contributed by atoms with Gasteiger partial charge in [0.1, 0.15) is 5.82 Å². The standard InChI is InChI=1S/C9H10FNO2/c1-11-8-3-2-6(4-7(8)10)5-9(12)13/h2-4,11H,5H2,1H3,(H,12,13). The molecule has 13 heavy (non-hydrogen) atoms. The largest absolute Gasteiger partial charge is 0.481 e. The maximum absolute atomic E-state index is 13.0. The van der Waals surface area contributed by atoms with Gasteiger partial charge in [0, 0.05) is 7.05 Å². The van der Waals surface area contributed by atoms with E-state index in [1.165, 1.54) is 12.1 Å². The van der Waals surface area contributed by atoms with Gasteiger partial charge in [-0.25, -0.2) is 4.39 Å². The van der Waals surface area contributed by atoms with E-state index in [1.54, 1.807) is 13.1 Å². The van der Waals surface area contributed by atoms with Crippen LogP contribution in [0.5, 0.6) is 0 Å². The van der Waals surface area contributed by atoms with Crippen molar-refractivity contribution in [1.82, 2.24) is 0 Å². The van der Waals surface area contributed by atoms with Crippen LogP contribution in [0.25, 0.3) is 0 Å². The van der Waals surface area contributed by atoms with Crippen molar-refractivity contribution in [3.63, 3.8) is 0 Å². The Bertz CT molecular complexity index is 325. The molecule has 1 rings (SSSR count). The minimum absolute atomic E-state index is 0.152. The number of halogens is 1. The van der Waals surface area contributed by atoms with Crippen LogP contribution in [0.1, 0.15) is 5.56 Å². The fraction of sp³-hybridized carbons (Fsp3) is 0.222. The molecule has 0 aliphatic carbocycles. The number of hydrogen-bond acceptors (Lipinski definition) is 2. The van der Waals surface area contributed by atoms with Gasteiger partial charge in [-0.15, -0.1) is 0 Å². The molecule has 0 aliphatic rings. The van der Waals surface area contributed by atoms with Gasteiger partial charge in [-0.1, -0.05) is 6.07 Å². The van der Waals surface area contributed by atoms with Gasteiger partial charge in [0.15, 0.2) is 0 Å². The highest BCUT2D eigenvalue weighted by Crippen LogP contribution is 2.15. The molecule has 0 atom stereocenters. The molecule has 0 aliphatic heterocycles. The summed E-state index contributed by atoms with van der Waals surface area (Å²) in [6.45, 7) is 0. The van der Waals surface area contributed by atoms with E-state index < -0.39 is 11.8 Å². The van der Waals surface area contributed by atoms with E-state index in [9.17, 15) is 9.18 Å². The van der Waals surface area contributed by atoms with Crippen LogP contribution < -0.4 is 5.32 Å². The summed E-state index contributed by atoms with van der Waals surface area (Å²) in [5, 5.41) is 11.1. The first-order valence-corrected chi connectivity index (χ1v) is 3.81. The van der Waals surface area contributed by atoms with E-state index in [2.05, 4.69) is 5.32 Å². The first kappa shape index (κ1) is 9.51. The summed E-state index contributed by atoms with van der Waals surface area (Å²) in [7, 11) is 1.61. The minimum Gasteiger partial charge on any atom is -0.481 e. The molecule has 1 aromatic rings. The number of hydrogen-bond donors (Lipinski definition) is 2.